The Hall–Kier alpha value is -2.56. The molecule has 108 valence electrons. The Balaban J connectivity index is 2.02. The van der Waals surface area contributed by atoms with Gasteiger partial charge in [-0.3, -0.25) is 9.59 Å². The topological polar surface area (TPSA) is 79.2 Å². The number of benzene rings is 1. The van der Waals surface area contributed by atoms with Crippen LogP contribution in [0.4, 0.5) is 11.4 Å². The van der Waals surface area contributed by atoms with Gasteiger partial charge in [0.1, 0.15) is 5.56 Å². The second-order valence-electron chi connectivity index (χ2n) is 5.44. The molecule has 0 unspecified atom stereocenters. The van der Waals surface area contributed by atoms with Gasteiger partial charge in [0.2, 0.25) is 0 Å². The van der Waals surface area contributed by atoms with Crippen molar-refractivity contribution in [2.45, 2.75) is 20.3 Å². The van der Waals surface area contributed by atoms with E-state index in [1.54, 1.807) is 11.8 Å². The summed E-state index contributed by atoms with van der Waals surface area (Å²) in [5.41, 5.74) is 10.1. The van der Waals surface area contributed by atoms with Crippen LogP contribution in [-0.4, -0.2) is 17.4 Å². The van der Waals surface area contributed by atoms with Crippen molar-refractivity contribution >= 4 is 17.3 Å². The first kappa shape index (κ1) is 13.4. The Morgan fingerprint density at radius 1 is 1.29 bits per heavy atom. The van der Waals surface area contributed by atoms with Crippen LogP contribution in [0.25, 0.3) is 0 Å². The maximum Gasteiger partial charge on any atom is 0.263 e. The maximum atomic E-state index is 12.6. The molecule has 1 aromatic heterocycles. The first-order valence-corrected chi connectivity index (χ1v) is 6.87. The van der Waals surface area contributed by atoms with E-state index in [0.29, 0.717) is 12.2 Å². The van der Waals surface area contributed by atoms with Gasteiger partial charge in [-0.1, -0.05) is 6.07 Å². The highest BCUT2D eigenvalue weighted by molar-refractivity contribution is 6.07. The fourth-order valence-corrected chi connectivity index (χ4v) is 2.67. The molecule has 0 bridgehead atoms. The van der Waals surface area contributed by atoms with E-state index in [-0.39, 0.29) is 16.9 Å². The van der Waals surface area contributed by atoms with Crippen molar-refractivity contribution in [3.05, 3.63) is 57.0 Å². The number of hydrogen-bond acceptors (Lipinski definition) is 3. The molecule has 21 heavy (non-hydrogen) atoms. The van der Waals surface area contributed by atoms with Crippen LogP contribution in [0, 0.1) is 13.8 Å². The minimum Gasteiger partial charge on any atom is -0.398 e. The Kier molecular flexibility index (Phi) is 3.05. The third-order valence-corrected chi connectivity index (χ3v) is 3.90. The first-order valence-electron chi connectivity index (χ1n) is 6.87. The molecule has 0 radical (unpaired) electrons. The van der Waals surface area contributed by atoms with Crippen LogP contribution < -0.4 is 16.1 Å². The Bertz CT molecular complexity index is 793. The fourth-order valence-electron chi connectivity index (χ4n) is 2.67. The minimum atomic E-state index is -0.279. The summed E-state index contributed by atoms with van der Waals surface area (Å²) in [6.07, 6.45) is 2.27. The standard InChI is InChI=1S/C16H17N3O2/c1-9-5-11-3-4-19(14(11)7-13(9)17)16(21)12-8-18-10(2)6-15(12)20/h5-8H,3-4,17H2,1-2H3,(H,18,20). The van der Waals surface area contributed by atoms with Crippen molar-refractivity contribution in [2.75, 3.05) is 17.2 Å². The van der Waals surface area contributed by atoms with Crippen molar-refractivity contribution in [1.29, 1.82) is 0 Å². The van der Waals surface area contributed by atoms with E-state index in [4.69, 9.17) is 5.73 Å². The second-order valence-corrected chi connectivity index (χ2v) is 5.44. The number of nitrogen functional groups attached to an aromatic ring is 1. The van der Waals surface area contributed by atoms with Gasteiger partial charge in [-0.15, -0.1) is 0 Å². The molecule has 0 spiro atoms. The molecule has 2 heterocycles. The molecule has 2 aromatic rings. The highest BCUT2D eigenvalue weighted by Crippen LogP contribution is 2.32. The molecule has 1 amide bonds. The van der Waals surface area contributed by atoms with Gasteiger partial charge in [-0.25, -0.2) is 0 Å². The zero-order valence-corrected chi connectivity index (χ0v) is 12.1. The van der Waals surface area contributed by atoms with E-state index in [1.165, 1.54) is 12.3 Å². The van der Waals surface area contributed by atoms with Gasteiger partial charge >= 0.3 is 0 Å². The number of fused-ring (bicyclic) bond motifs is 1. The van der Waals surface area contributed by atoms with Crippen molar-refractivity contribution in [1.82, 2.24) is 4.98 Å². The summed E-state index contributed by atoms with van der Waals surface area (Å²) in [7, 11) is 0. The zero-order chi connectivity index (χ0) is 15.1. The smallest absolute Gasteiger partial charge is 0.263 e. The summed E-state index contributed by atoms with van der Waals surface area (Å²) in [6.45, 7) is 4.30. The molecule has 0 saturated heterocycles. The number of H-pyrrole nitrogens is 1. The van der Waals surface area contributed by atoms with Crippen LogP contribution in [0.3, 0.4) is 0 Å². The third-order valence-electron chi connectivity index (χ3n) is 3.90. The normalized spacial score (nSPS) is 13.3. The maximum absolute atomic E-state index is 12.6. The number of carbonyl (C=O) groups excluding carboxylic acids is 1. The third kappa shape index (κ3) is 2.20. The summed E-state index contributed by atoms with van der Waals surface area (Å²) in [5, 5.41) is 0. The average Bonchev–Trinajstić information content (AvgIpc) is 2.81. The summed E-state index contributed by atoms with van der Waals surface area (Å²) >= 11 is 0. The van der Waals surface area contributed by atoms with Gasteiger partial charge in [0.15, 0.2) is 5.43 Å². The molecule has 5 heteroatoms. The van der Waals surface area contributed by atoms with Gasteiger partial charge in [0, 0.05) is 35.9 Å². The van der Waals surface area contributed by atoms with Crippen molar-refractivity contribution in [3.63, 3.8) is 0 Å². The Morgan fingerprint density at radius 3 is 2.76 bits per heavy atom. The number of aromatic nitrogens is 1. The molecule has 1 aliphatic heterocycles. The van der Waals surface area contributed by atoms with Crippen LogP contribution in [0.5, 0.6) is 0 Å². The van der Waals surface area contributed by atoms with Gasteiger partial charge in [-0.2, -0.15) is 0 Å². The lowest BCUT2D eigenvalue weighted by atomic mass is 10.1. The number of aromatic amines is 1. The van der Waals surface area contributed by atoms with Crippen LogP contribution >= 0.6 is 0 Å². The molecule has 1 aromatic carbocycles. The SMILES string of the molecule is Cc1cc(=O)c(C(=O)N2CCc3cc(C)c(N)cc32)c[nH]1. The number of pyridine rings is 1. The van der Waals surface area contributed by atoms with E-state index in [9.17, 15) is 9.59 Å². The average molecular weight is 283 g/mol. The number of rotatable bonds is 1. The predicted octanol–water partition coefficient (Wildman–Crippen LogP) is 1.78. The largest absolute Gasteiger partial charge is 0.398 e. The first-order chi connectivity index (χ1) is 9.97. The summed E-state index contributed by atoms with van der Waals surface area (Å²) in [4.78, 5) is 29.1. The highest BCUT2D eigenvalue weighted by Gasteiger charge is 2.27. The molecule has 0 atom stereocenters. The van der Waals surface area contributed by atoms with Gasteiger partial charge in [0.25, 0.3) is 5.91 Å². The van der Waals surface area contributed by atoms with Gasteiger partial charge < -0.3 is 15.6 Å². The monoisotopic (exact) mass is 283 g/mol. The summed E-state index contributed by atoms with van der Waals surface area (Å²) in [6, 6.07) is 5.27. The molecule has 0 saturated carbocycles. The number of hydrogen-bond donors (Lipinski definition) is 2. The number of amides is 1. The van der Waals surface area contributed by atoms with E-state index < -0.39 is 0 Å². The zero-order valence-electron chi connectivity index (χ0n) is 12.1. The molecule has 3 rings (SSSR count). The number of nitrogens with two attached hydrogens (primary N) is 1. The lowest BCUT2D eigenvalue weighted by Crippen LogP contribution is -2.32. The molecule has 0 aliphatic carbocycles. The second kappa shape index (κ2) is 4.77. The molecular weight excluding hydrogens is 266 g/mol. The Morgan fingerprint density at radius 2 is 2.05 bits per heavy atom. The van der Waals surface area contributed by atoms with E-state index >= 15 is 0 Å². The van der Waals surface area contributed by atoms with E-state index in [0.717, 1.165) is 28.9 Å². The number of nitrogens with zero attached hydrogens (tertiary/aromatic N) is 1. The lowest BCUT2D eigenvalue weighted by molar-refractivity contribution is 0.0988. The molecule has 5 nitrogen and oxygen atoms in total. The number of nitrogens with one attached hydrogen (secondary N) is 1. The van der Waals surface area contributed by atoms with Crippen LogP contribution in [0.15, 0.2) is 29.2 Å². The molecule has 3 N–H and O–H groups in total. The number of anilines is 2. The van der Waals surface area contributed by atoms with Crippen LogP contribution in [-0.2, 0) is 6.42 Å². The molecule has 0 fully saturated rings. The van der Waals surface area contributed by atoms with Crippen molar-refractivity contribution in [3.8, 4) is 0 Å². The van der Waals surface area contributed by atoms with E-state index in [1.807, 2.05) is 19.1 Å². The van der Waals surface area contributed by atoms with Crippen molar-refractivity contribution in [2.24, 2.45) is 0 Å². The van der Waals surface area contributed by atoms with E-state index in [2.05, 4.69) is 4.98 Å². The molecule has 1 aliphatic rings. The quantitative estimate of drug-likeness (QED) is 0.783. The molecular formula is C16H17N3O2. The van der Waals surface area contributed by atoms with Gasteiger partial charge in [0.05, 0.1) is 0 Å². The minimum absolute atomic E-state index is 0.160. The summed E-state index contributed by atoms with van der Waals surface area (Å²) in [5.74, 6) is -0.279. The lowest BCUT2D eigenvalue weighted by Gasteiger charge is -2.18. The number of carbonyl (C=O) groups is 1. The van der Waals surface area contributed by atoms with Crippen LogP contribution in [0.1, 0.15) is 27.2 Å². The van der Waals surface area contributed by atoms with Crippen LogP contribution in [0.2, 0.25) is 0 Å². The number of aryl methyl sites for hydroxylation is 2. The Labute approximate surface area is 122 Å². The van der Waals surface area contributed by atoms with Crippen molar-refractivity contribution < 1.29 is 4.79 Å². The predicted molar refractivity (Wildman–Crippen MR) is 82.8 cm³/mol. The highest BCUT2D eigenvalue weighted by atomic mass is 16.2. The van der Waals surface area contributed by atoms with Gasteiger partial charge in [-0.05, 0) is 37.5 Å². The fraction of sp³-hybridized carbons (Fsp3) is 0.250. The summed E-state index contributed by atoms with van der Waals surface area (Å²) < 4.78 is 0.